The Morgan fingerprint density at radius 3 is 2.41 bits per heavy atom. The Morgan fingerprint density at radius 1 is 1.09 bits per heavy atom. The van der Waals surface area contributed by atoms with Gasteiger partial charge in [-0.25, -0.2) is 13.1 Å². The van der Waals surface area contributed by atoms with E-state index in [1.165, 1.54) is 0 Å². The van der Waals surface area contributed by atoms with Crippen LogP contribution in [0.25, 0.3) is 10.8 Å². The SMILES string of the molecule is CCCOc1ccc(S(=O)(=O)NCC(C)C)c2ccccc12. The first-order chi connectivity index (χ1) is 10.5. The van der Waals surface area contributed by atoms with E-state index in [2.05, 4.69) is 4.72 Å². The molecule has 0 saturated carbocycles. The number of fused-ring (bicyclic) bond motifs is 1. The predicted octanol–water partition coefficient (Wildman–Crippen LogP) is 3.56. The van der Waals surface area contributed by atoms with Gasteiger partial charge in [0.2, 0.25) is 10.0 Å². The van der Waals surface area contributed by atoms with E-state index in [0.717, 1.165) is 17.6 Å². The molecule has 0 saturated heterocycles. The lowest BCUT2D eigenvalue weighted by Crippen LogP contribution is -2.27. The maximum Gasteiger partial charge on any atom is 0.241 e. The van der Waals surface area contributed by atoms with Crippen molar-refractivity contribution in [2.45, 2.75) is 32.1 Å². The monoisotopic (exact) mass is 321 g/mol. The first kappa shape index (κ1) is 16.8. The van der Waals surface area contributed by atoms with Crippen molar-refractivity contribution < 1.29 is 13.2 Å². The molecule has 2 aromatic carbocycles. The van der Waals surface area contributed by atoms with Crippen LogP contribution in [0.15, 0.2) is 41.3 Å². The van der Waals surface area contributed by atoms with Crippen molar-refractivity contribution in [3.63, 3.8) is 0 Å². The fraction of sp³-hybridized carbons (Fsp3) is 0.412. The summed E-state index contributed by atoms with van der Waals surface area (Å²) in [5, 5.41) is 1.51. The number of hydrogen-bond donors (Lipinski definition) is 1. The molecule has 0 aliphatic rings. The third-order valence-corrected chi connectivity index (χ3v) is 4.76. The number of sulfonamides is 1. The molecule has 0 unspecified atom stereocenters. The molecule has 0 radical (unpaired) electrons. The van der Waals surface area contributed by atoms with Crippen LogP contribution in [0.1, 0.15) is 27.2 Å². The molecule has 0 atom stereocenters. The average Bonchev–Trinajstić information content (AvgIpc) is 2.50. The van der Waals surface area contributed by atoms with Crippen molar-refractivity contribution in [3.8, 4) is 5.75 Å². The number of hydrogen-bond acceptors (Lipinski definition) is 3. The summed E-state index contributed by atoms with van der Waals surface area (Å²) in [5.41, 5.74) is 0. The normalized spacial score (nSPS) is 12.0. The zero-order valence-corrected chi connectivity index (χ0v) is 14.1. The molecule has 1 N–H and O–H groups in total. The van der Waals surface area contributed by atoms with Gasteiger partial charge in [-0.3, -0.25) is 0 Å². The third kappa shape index (κ3) is 3.78. The van der Waals surface area contributed by atoms with Crippen LogP contribution in [0.3, 0.4) is 0 Å². The standard InChI is InChI=1S/C17H23NO3S/c1-4-11-21-16-9-10-17(15-8-6-5-7-14(15)16)22(19,20)18-12-13(2)3/h5-10,13,18H,4,11-12H2,1-3H3. The highest BCUT2D eigenvalue weighted by Crippen LogP contribution is 2.31. The smallest absolute Gasteiger partial charge is 0.241 e. The van der Waals surface area contributed by atoms with Gasteiger partial charge in [0.15, 0.2) is 0 Å². The summed E-state index contributed by atoms with van der Waals surface area (Å²) in [6, 6.07) is 10.8. The highest BCUT2D eigenvalue weighted by Gasteiger charge is 2.19. The molecule has 0 bridgehead atoms. The van der Waals surface area contributed by atoms with E-state index in [-0.39, 0.29) is 5.92 Å². The Balaban J connectivity index is 2.48. The molecule has 2 rings (SSSR count). The lowest BCUT2D eigenvalue weighted by atomic mass is 10.1. The van der Waals surface area contributed by atoms with Crippen LogP contribution in [0.5, 0.6) is 5.75 Å². The highest BCUT2D eigenvalue weighted by molar-refractivity contribution is 7.89. The van der Waals surface area contributed by atoms with E-state index >= 15 is 0 Å². The van der Waals surface area contributed by atoms with Crippen LogP contribution in [0.4, 0.5) is 0 Å². The van der Waals surface area contributed by atoms with Crippen molar-refractivity contribution >= 4 is 20.8 Å². The molecule has 0 aliphatic heterocycles. The molecule has 120 valence electrons. The van der Waals surface area contributed by atoms with Gasteiger partial charge in [-0.2, -0.15) is 0 Å². The largest absolute Gasteiger partial charge is 0.493 e. The molecule has 0 aromatic heterocycles. The first-order valence-corrected chi connectivity index (χ1v) is 9.08. The van der Waals surface area contributed by atoms with Gasteiger partial charge in [0, 0.05) is 17.3 Å². The van der Waals surface area contributed by atoms with Crippen LogP contribution in [-0.2, 0) is 10.0 Å². The molecular weight excluding hydrogens is 298 g/mol. The Hall–Kier alpha value is -1.59. The summed E-state index contributed by atoms with van der Waals surface area (Å²) in [5.74, 6) is 0.980. The van der Waals surface area contributed by atoms with Crippen LogP contribution >= 0.6 is 0 Å². The van der Waals surface area contributed by atoms with Crippen molar-refractivity contribution in [1.82, 2.24) is 4.72 Å². The Labute approximate surface area is 132 Å². The van der Waals surface area contributed by atoms with Crippen molar-refractivity contribution in [2.75, 3.05) is 13.2 Å². The summed E-state index contributed by atoms with van der Waals surface area (Å²) in [6.45, 7) is 7.02. The fourth-order valence-corrected chi connectivity index (χ4v) is 3.59. The molecule has 0 spiro atoms. The van der Waals surface area contributed by atoms with Gasteiger partial charge in [0.1, 0.15) is 5.75 Å². The quantitative estimate of drug-likeness (QED) is 0.848. The lowest BCUT2D eigenvalue weighted by Gasteiger charge is -2.14. The van der Waals surface area contributed by atoms with E-state index in [1.54, 1.807) is 12.1 Å². The minimum absolute atomic E-state index is 0.258. The summed E-state index contributed by atoms with van der Waals surface area (Å²) < 4.78 is 33.4. The molecule has 0 aliphatic carbocycles. The van der Waals surface area contributed by atoms with E-state index in [1.807, 2.05) is 45.0 Å². The van der Waals surface area contributed by atoms with Crippen LogP contribution < -0.4 is 9.46 Å². The molecule has 0 amide bonds. The van der Waals surface area contributed by atoms with E-state index in [0.29, 0.717) is 23.4 Å². The van der Waals surface area contributed by atoms with E-state index < -0.39 is 10.0 Å². The molecular formula is C17H23NO3S. The van der Waals surface area contributed by atoms with Crippen LogP contribution in [-0.4, -0.2) is 21.6 Å². The topological polar surface area (TPSA) is 55.4 Å². The number of rotatable bonds is 7. The third-order valence-electron chi connectivity index (χ3n) is 3.28. The number of ether oxygens (including phenoxy) is 1. The second kappa shape index (κ2) is 7.11. The summed E-state index contributed by atoms with van der Waals surface area (Å²) in [6.07, 6.45) is 0.907. The Bertz CT molecular complexity index is 739. The summed E-state index contributed by atoms with van der Waals surface area (Å²) in [4.78, 5) is 0.299. The van der Waals surface area contributed by atoms with Crippen molar-refractivity contribution in [2.24, 2.45) is 5.92 Å². The minimum Gasteiger partial charge on any atom is -0.493 e. The molecule has 0 fully saturated rings. The minimum atomic E-state index is -3.52. The van der Waals surface area contributed by atoms with Gasteiger partial charge < -0.3 is 4.74 Å². The summed E-state index contributed by atoms with van der Waals surface area (Å²) >= 11 is 0. The predicted molar refractivity (Wildman–Crippen MR) is 89.8 cm³/mol. The van der Waals surface area contributed by atoms with Gasteiger partial charge in [-0.05, 0) is 24.5 Å². The van der Waals surface area contributed by atoms with E-state index in [4.69, 9.17) is 4.74 Å². The second-order valence-electron chi connectivity index (χ2n) is 5.70. The summed E-state index contributed by atoms with van der Waals surface area (Å²) in [7, 11) is -3.52. The second-order valence-corrected chi connectivity index (χ2v) is 7.44. The van der Waals surface area contributed by atoms with Gasteiger partial charge in [0.25, 0.3) is 0 Å². The molecule has 2 aromatic rings. The highest BCUT2D eigenvalue weighted by atomic mass is 32.2. The molecule has 5 heteroatoms. The average molecular weight is 321 g/mol. The first-order valence-electron chi connectivity index (χ1n) is 7.60. The molecule has 4 nitrogen and oxygen atoms in total. The Kier molecular flexibility index (Phi) is 5.42. The zero-order valence-electron chi connectivity index (χ0n) is 13.3. The number of nitrogens with one attached hydrogen (secondary N) is 1. The lowest BCUT2D eigenvalue weighted by molar-refractivity contribution is 0.321. The van der Waals surface area contributed by atoms with Crippen LogP contribution in [0, 0.1) is 5.92 Å². The molecule has 22 heavy (non-hydrogen) atoms. The van der Waals surface area contributed by atoms with E-state index in [9.17, 15) is 8.42 Å². The Morgan fingerprint density at radius 2 is 1.77 bits per heavy atom. The van der Waals surface area contributed by atoms with Gasteiger partial charge in [0.05, 0.1) is 11.5 Å². The van der Waals surface area contributed by atoms with Crippen LogP contribution in [0.2, 0.25) is 0 Å². The maximum atomic E-state index is 12.5. The zero-order chi connectivity index (χ0) is 16.2. The molecule has 0 heterocycles. The van der Waals surface area contributed by atoms with Gasteiger partial charge in [-0.15, -0.1) is 0 Å². The van der Waals surface area contributed by atoms with Gasteiger partial charge in [-0.1, -0.05) is 45.0 Å². The van der Waals surface area contributed by atoms with Crippen molar-refractivity contribution in [3.05, 3.63) is 36.4 Å². The van der Waals surface area contributed by atoms with Gasteiger partial charge >= 0.3 is 0 Å². The fourth-order valence-electron chi connectivity index (χ4n) is 2.17. The maximum absolute atomic E-state index is 12.5. The van der Waals surface area contributed by atoms with Crippen molar-refractivity contribution in [1.29, 1.82) is 0 Å². The number of benzene rings is 2.